The Labute approximate surface area is 173 Å². The summed E-state index contributed by atoms with van der Waals surface area (Å²) in [5.74, 6) is -0.553. The molecule has 1 fully saturated rings. The number of aliphatic hydroxyl groups excluding tert-OH is 1. The van der Waals surface area contributed by atoms with Crippen LogP contribution >= 0.6 is 0 Å². The van der Waals surface area contributed by atoms with Crippen LogP contribution in [0.3, 0.4) is 0 Å². The second-order valence-electron chi connectivity index (χ2n) is 6.81. The van der Waals surface area contributed by atoms with Crippen molar-refractivity contribution in [2.45, 2.75) is 11.8 Å². The topological polar surface area (TPSA) is 115 Å². The Kier molecular flexibility index (Phi) is 6.88. The number of carbonyl (C=O) groups is 2. The highest BCUT2D eigenvalue weighted by molar-refractivity contribution is 6.39. The first-order chi connectivity index (χ1) is 14.5. The average molecular weight is 416 g/mol. The summed E-state index contributed by atoms with van der Waals surface area (Å²) in [7, 11) is 3.08. The van der Waals surface area contributed by atoms with Crippen molar-refractivity contribution < 1.29 is 33.6 Å². The second kappa shape index (κ2) is 9.57. The van der Waals surface area contributed by atoms with E-state index in [0.717, 1.165) is 5.56 Å². The van der Waals surface area contributed by atoms with Crippen molar-refractivity contribution in [3.8, 4) is 11.5 Å². The van der Waals surface area contributed by atoms with Crippen LogP contribution in [-0.4, -0.2) is 56.5 Å². The summed E-state index contributed by atoms with van der Waals surface area (Å²) in [6.45, 7) is -0.517. The normalized spacial score (nSPS) is 20.8. The van der Waals surface area contributed by atoms with Crippen molar-refractivity contribution in [3.05, 3.63) is 54.1 Å². The largest absolute Gasteiger partial charge is 0.497 e. The number of nitrogens with one attached hydrogen (secondary N) is 2. The summed E-state index contributed by atoms with van der Waals surface area (Å²) in [6, 6.07) is 13.8. The summed E-state index contributed by atoms with van der Waals surface area (Å²) in [5.41, 5.74) is -0.0566. The molecule has 2 aromatic carbocycles. The highest BCUT2D eigenvalue weighted by Crippen LogP contribution is 2.28. The van der Waals surface area contributed by atoms with Gasteiger partial charge in [0, 0.05) is 17.3 Å². The number of benzene rings is 2. The third kappa shape index (κ3) is 5.07. The van der Waals surface area contributed by atoms with E-state index in [9.17, 15) is 14.7 Å². The van der Waals surface area contributed by atoms with E-state index in [1.165, 1.54) is 7.11 Å². The molecule has 3 N–H and O–H groups in total. The number of ether oxygens (including phenoxy) is 4. The van der Waals surface area contributed by atoms with E-state index in [1.807, 2.05) is 0 Å². The van der Waals surface area contributed by atoms with Gasteiger partial charge < -0.3 is 34.7 Å². The highest BCUT2D eigenvalue weighted by Gasteiger charge is 2.39. The summed E-state index contributed by atoms with van der Waals surface area (Å²) in [5, 5.41) is 14.8. The van der Waals surface area contributed by atoms with Crippen LogP contribution in [0.25, 0.3) is 0 Å². The van der Waals surface area contributed by atoms with Gasteiger partial charge in [-0.05, 0) is 24.3 Å². The maximum absolute atomic E-state index is 12.4. The van der Waals surface area contributed by atoms with Gasteiger partial charge in [-0.2, -0.15) is 0 Å². The zero-order chi connectivity index (χ0) is 21.6. The Morgan fingerprint density at radius 3 is 2.30 bits per heavy atom. The van der Waals surface area contributed by atoms with Gasteiger partial charge in [-0.15, -0.1) is 0 Å². The minimum Gasteiger partial charge on any atom is -0.497 e. The molecule has 2 aromatic rings. The Morgan fingerprint density at radius 2 is 1.70 bits per heavy atom. The van der Waals surface area contributed by atoms with Crippen LogP contribution < -0.4 is 20.1 Å². The first-order valence-electron chi connectivity index (χ1n) is 9.24. The van der Waals surface area contributed by atoms with Crippen molar-refractivity contribution in [3.63, 3.8) is 0 Å². The van der Waals surface area contributed by atoms with E-state index in [2.05, 4.69) is 10.6 Å². The molecule has 3 rings (SSSR count). The number of aliphatic hydroxyl groups is 1. The fourth-order valence-electron chi connectivity index (χ4n) is 2.90. The van der Waals surface area contributed by atoms with Crippen molar-refractivity contribution in [2.24, 2.45) is 0 Å². The fraction of sp³-hybridized carbons (Fsp3) is 0.333. The SMILES string of the molecule is COc1ccc(C2OCC(CO)(NC(=O)C(=O)Nc3cccc(OC)c3)CO2)cc1. The number of hydrogen-bond donors (Lipinski definition) is 3. The van der Waals surface area contributed by atoms with Gasteiger partial charge in [-0.1, -0.05) is 18.2 Å². The zero-order valence-electron chi connectivity index (χ0n) is 16.7. The summed E-state index contributed by atoms with van der Waals surface area (Å²) >= 11 is 0. The lowest BCUT2D eigenvalue weighted by Crippen LogP contribution is -2.62. The molecule has 0 radical (unpaired) electrons. The second-order valence-corrected chi connectivity index (χ2v) is 6.81. The summed E-state index contributed by atoms with van der Waals surface area (Å²) in [4.78, 5) is 24.6. The van der Waals surface area contributed by atoms with Gasteiger partial charge in [-0.25, -0.2) is 0 Å². The molecule has 2 amide bonds. The maximum atomic E-state index is 12.4. The molecular formula is C21H24N2O7. The van der Waals surface area contributed by atoms with Gasteiger partial charge in [-0.3, -0.25) is 9.59 Å². The monoisotopic (exact) mass is 416 g/mol. The molecule has 160 valence electrons. The highest BCUT2D eigenvalue weighted by atomic mass is 16.7. The first kappa shape index (κ1) is 21.6. The summed E-state index contributed by atoms with van der Waals surface area (Å²) < 4.78 is 21.6. The van der Waals surface area contributed by atoms with Crippen LogP contribution in [-0.2, 0) is 19.1 Å². The fourth-order valence-corrected chi connectivity index (χ4v) is 2.90. The molecule has 1 aliphatic heterocycles. The lowest BCUT2D eigenvalue weighted by atomic mass is 10.0. The maximum Gasteiger partial charge on any atom is 0.313 e. The van der Waals surface area contributed by atoms with Crippen LogP contribution in [0.2, 0.25) is 0 Å². The molecule has 0 spiro atoms. The predicted octanol–water partition coefficient (Wildman–Crippen LogP) is 1.24. The molecule has 0 aromatic heterocycles. The molecule has 0 atom stereocenters. The average Bonchev–Trinajstić information content (AvgIpc) is 2.79. The molecular weight excluding hydrogens is 392 g/mol. The van der Waals surface area contributed by atoms with E-state index in [-0.39, 0.29) is 13.2 Å². The van der Waals surface area contributed by atoms with Crippen LogP contribution in [0.5, 0.6) is 11.5 Å². The Balaban J connectivity index is 1.58. The number of carbonyl (C=O) groups excluding carboxylic acids is 2. The van der Waals surface area contributed by atoms with Gasteiger partial charge in [0.15, 0.2) is 6.29 Å². The van der Waals surface area contributed by atoms with Crippen molar-refractivity contribution in [1.29, 1.82) is 0 Å². The number of rotatable bonds is 6. The lowest BCUT2D eigenvalue weighted by molar-refractivity contribution is -0.223. The minimum atomic E-state index is -1.23. The van der Waals surface area contributed by atoms with Gasteiger partial charge >= 0.3 is 11.8 Å². The molecule has 9 nitrogen and oxygen atoms in total. The molecule has 30 heavy (non-hydrogen) atoms. The van der Waals surface area contributed by atoms with Gasteiger partial charge in [0.1, 0.15) is 17.0 Å². The molecule has 1 heterocycles. The van der Waals surface area contributed by atoms with Gasteiger partial charge in [0.2, 0.25) is 0 Å². The first-order valence-corrected chi connectivity index (χ1v) is 9.24. The molecule has 0 aliphatic carbocycles. The minimum absolute atomic E-state index is 0.0294. The van der Waals surface area contributed by atoms with E-state index in [1.54, 1.807) is 55.6 Å². The Morgan fingerprint density at radius 1 is 1.03 bits per heavy atom. The van der Waals surface area contributed by atoms with Crippen molar-refractivity contribution in [2.75, 3.05) is 39.4 Å². The molecule has 0 saturated carbocycles. The zero-order valence-corrected chi connectivity index (χ0v) is 16.7. The third-order valence-electron chi connectivity index (χ3n) is 4.63. The van der Waals surface area contributed by atoms with E-state index < -0.39 is 30.3 Å². The van der Waals surface area contributed by atoms with E-state index >= 15 is 0 Å². The van der Waals surface area contributed by atoms with Gasteiger partial charge in [0.25, 0.3) is 0 Å². The van der Waals surface area contributed by atoms with Crippen LogP contribution in [0.1, 0.15) is 11.9 Å². The third-order valence-corrected chi connectivity index (χ3v) is 4.63. The number of anilines is 1. The molecule has 1 aliphatic rings. The smallest absolute Gasteiger partial charge is 0.313 e. The van der Waals surface area contributed by atoms with Crippen LogP contribution in [0, 0.1) is 0 Å². The Hall–Kier alpha value is -3.14. The van der Waals surface area contributed by atoms with Crippen molar-refractivity contribution >= 4 is 17.5 Å². The number of methoxy groups -OCH3 is 2. The van der Waals surface area contributed by atoms with Gasteiger partial charge in [0.05, 0.1) is 34.0 Å². The van der Waals surface area contributed by atoms with Crippen LogP contribution in [0.15, 0.2) is 48.5 Å². The number of hydrogen-bond acceptors (Lipinski definition) is 7. The molecule has 0 bridgehead atoms. The van der Waals surface area contributed by atoms with E-state index in [4.69, 9.17) is 18.9 Å². The standard InChI is InChI=1S/C21H24N2O7/c1-27-16-8-6-14(7-9-16)20-29-12-21(11-24,13-30-20)23-19(26)18(25)22-15-4-3-5-17(10-15)28-2/h3-10,20,24H,11-13H2,1-2H3,(H,22,25)(H,23,26). The lowest BCUT2D eigenvalue weighted by Gasteiger charge is -2.39. The Bertz CT molecular complexity index is 877. The molecule has 1 saturated heterocycles. The van der Waals surface area contributed by atoms with Crippen molar-refractivity contribution in [1.82, 2.24) is 5.32 Å². The molecule has 9 heteroatoms. The predicted molar refractivity (Wildman–Crippen MR) is 107 cm³/mol. The summed E-state index contributed by atoms with van der Waals surface area (Å²) in [6.07, 6.45) is -0.655. The quantitative estimate of drug-likeness (QED) is 0.607. The molecule has 0 unspecified atom stereocenters. The number of amides is 2. The van der Waals surface area contributed by atoms with Crippen LogP contribution in [0.4, 0.5) is 5.69 Å². The van der Waals surface area contributed by atoms with E-state index in [0.29, 0.717) is 17.2 Å².